The second-order valence-electron chi connectivity index (χ2n) is 4.21. The standard InChI is InChI=1S/C16H17NO2/c1-3-19-16-12-13(8-10-15(16)18)7-9-14-6-4-5-11-17(14)2/h4-12H,3H2,1-2H3/b13-7+,14-9+. The van der Waals surface area contributed by atoms with Crippen molar-refractivity contribution in [3.8, 4) is 0 Å². The van der Waals surface area contributed by atoms with Gasteiger partial charge in [0, 0.05) is 18.9 Å². The van der Waals surface area contributed by atoms with Gasteiger partial charge >= 0.3 is 0 Å². The Morgan fingerprint density at radius 3 is 2.79 bits per heavy atom. The van der Waals surface area contributed by atoms with Gasteiger partial charge in [0.2, 0.25) is 5.78 Å². The first-order valence-corrected chi connectivity index (χ1v) is 6.27. The van der Waals surface area contributed by atoms with Crippen LogP contribution in [0.1, 0.15) is 6.92 Å². The van der Waals surface area contributed by atoms with E-state index >= 15 is 0 Å². The molecule has 0 fully saturated rings. The molecule has 2 aliphatic rings. The van der Waals surface area contributed by atoms with E-state index in [1.807, 2.05) is 55.5 Å². The van der Waals surface area contributed by atoms with Crippen molar-refractivity contribution < 1.29 is 9.53 Å². The summed E-state index contributed by atoms with van der Waals surface area (Å²) in [6, 6.07) is 0. The number of ether oxygens (including phenoxy) is 1. The molecule has 0 radical (unpaired) electrons. The molecule has 0 aromatic carbocycles. The maximum atomic E-state index is 11.5. The fourth-order valence-electron chi connectivity index (χ4n) is 1.79. The zero-order valence-corrected chi connectivity index (χ0v) is 11.2. The van der Waals surface area contributed by atoms with E-state index in [0.29, 0.717) is 12.4 Å². The fourth-order valence-corrected chi connectivity index (χ4v) is 1.79. The molecule has 0 spiro atoms. The van der Waals surface area contributed by atoms with Crippen molar-refractivity contribution in [3.63, 3.8) is 0 Å². The third-order valence-electron chi connectivity index (χ3n) is 2.81. The van der Waals surface area contributed by atoms with Crippen molar-refractivity contribution in [3.05, 3.63) is 71.8 Å². The van der Waals surface area contributed by atoms with E-state index < -0.39 is 0 Å². The molecule has 98 valence electrons. The second-order valence-corrected chi connectivity index (χ2v) is 4.21. The third-order valence-corrected chi connectivity index (χ3v) is 2.81. The van der Waals surface area contributed by atoms with Crippen molar-refractivity contribution in [1.82, 2.24) is 4.90 Å². The predicted molar refractivity (Wildman–Crippen MR) is 76.1 cm³/mol. The summed E-state index contributed by atoms with van der Waals surface area (Å²) in [5.74, 6) is 0.325. The number of rotatable bonds is 3. The molecule has 3 nitrogen and oxygen atoms in total. The smallest absolute Gasteiger partial charge is 0.220 e. The zero-order chi connectivity index (χ0) is 13.7. The molecule has 1 aliphatic carbocycles. The molecule has 0 saturated heterocycles. The maximum absolute atomic E-state index is 11.5. The zero-order valence-electron chi connectivity index (χ0n) is 11.2. The van der Waals surface area contributed by atoms with Crippen LogP contribution in [0.5, 0.6) is 0 Å². The number of ketones is 1. The van der Waals surface area contributed by atoms with Crippen LogP contribution < -0.4 is 0 Å². The molecule has 2 rings (SSSR count). The summed E-state index contributed by atoms with van der Waals surface area (Å²) in [4.78, 5) is 13.6. The Morgan fingerprint density at radius 1 is 1.21 bits per heavy atom. The van der Waals surface area contributed by atoms with Crippen LogP contribution in [-0.4, -0.2) is 24.3 Å². The highest BCUT2D eigenvalue weighted by molar-refractivity contribution is 6.04. The molecule has 1 heterocycles. The monoisotopic (exact) mass is 255 g/mol. The van der Waals surface area contributed by atoms with Crippen LogP contribution in [0.25, 0.3) is 0 Å². The minimum atomic E-state index is -0.0794. The number of carbonyl (C=O) groups excluding carboxylic acids is 1. The molecular weight excluding hydrogens is 238 g/mol. The largest absolute Gasteiger partial charge is 0.490 e. The number of hydrogen-bond donors (Lipinski definition) is 0. The molecule has 0 bridgehead atoms. The SMILES string of the molecule is CCOC1=C/C(=C/C=C2\C=CC=CN2C)C=CC1=O. The minimum absolute atomic E-state index is 0.0794. The van der Waals surface area contributed by atoms with Gasteiger partial charge in [0.25, 0.3) is 0 Å². The Labute approximate surface area is 113 Å². The predicted octanol–water partition coefficient (Wildman–Crippen LogP) is 2.87. The Kier molecular flexibility index (Phi) is 4.18. The summed E-state index contributed by atoms with van der Waals surface area (Å²) >= 11 is 0. The van der Waals surface area contributed by atoms with Gasteiger partial charge in [0.15, 0.2) is 5.76 Å². The second kappa shape index (κ2) is 6.05. The number of allylic oxidation sites excluding steroid dienone is 9. The lowest BCUT2D eigenvalue weighted by molar-refractivity contribution is -0.114. The van der Waals surface area contributed by atoms with E-state index in [9.17, 15) is 4.79 Å². The minimum Gasteiger partial charge on any atom is -0.490 e. The molecule has 3 heteroatoms. The van der Waals surface area contributed by atoms with Gasteiger partial charge in [-0.05, 0) is 42.9 Å². The summed E-state index contributed by atoms with van der Waals surface area (Å²) in [5, 5.41) is 0. The van der Waals surface area contributed by atoms with Crippen LogP contribution in [-0.2, 0) is 9.53 Å². The lowest BCUT2D eigenvalue weighted by Gasteiger charge is -2.17. The molecule has 0 N–H and O–H groups in total. The molecule has 19 heavy (non-hydrogen) atoms. The van der Waals surface area contributed by atoms with Crippen molar-refractivity contribution in [2.24, 2.45) is 0 Å². The molecular formula is C16H17NO2. The lowest BCUT2D eigenvalue weighted by atomic mass is 10.1. The molecule has 0 amide bonds. The van der Waals surface area contributed by atoms with E-state index in [4.69, 9.17) is 4.74 Å². The van der Waals surface area contributed by atoms with E-state index in [1.54, 1.807) is 12.2 Å². The molecule has 0 aromatic rings. The van der Waals surface area contributed by atoms with Gasteiger partial charge in [-0.25, -0.2) is 0 Å². The van der Waals surface area contributed by atoms with E-state index in [1.165, 1.54) is 6.08 Å². The first-order chi connectivity index (χ1) is 9.20. The van der Waals surface area contributed by atoms with Crippen molar-refractivity contribution in [2.75, 3.05) is 13.7 Å². The summed E-state index contributed by atoms with van der Waals surface area (Å²) < 4.78 is 5.30. The molecule has 0 unspecified atom stereocenters. The highest BCUT2D eigenvalue weighted by atomic mass is 16.5. The number of hydrogen-bond acceptors (Lipinski definition) is 3. The Morgan fingerprint density at radius 2 is 2.05 bits per heavy atom. The van der Waals surface area contributed by atoms with Crippen LogP contribution in [0, 0.1) is 0 Å². The van der Waals surface area contributed by atoms with Crippen LogP contribution >= 0.6 is 0 Å². The average Bonchev–Trinajstić information content (AvgIpc) is 2.41. The van der Waals surface area contributed by atoms with Crippen LogP contribution in [0.4, 0.5) is 0 Å². The number of carbonyl (C=O) groups is 1. The fraction of sp³-hybridized carbons (Fsp3) is 0.188. The Bertz CT molecular complexity index is 545. The van der Waals surface area contributed by atoms with Crippen LogP contribution in [0.2, 0.25) is 0 Å². The Hall–Kier alpha value is -2.29. The maximum Gasteiger partial charge on any atom is 0.220 e. The first-order valence-electron chi connectivity index (χ1n) is 6.27. The van der Waals surface area contributed by atoms with Crippen LogP contribution in [0.15, 0.2) is 71.8 Å². The lowest BCUT2D eigenvalue weighted by Crippen LogP contribution is -2.10. The van der Waals surface area contributed by atoms with E-state index in [2.05, 4.69) is 0 Å². The number of likely N-dealkylation sites (N-methyl/N-ethyl adjacent to an activating group) is 1. The highest BCUT2D eigenvalue weighted by Crippen LogP contribution is 2.16. The number of nitrogens with zero attached hydrogens (tertiary/aromatic N) is 1. The summed E-state index contributed by atoms with van der Waals surface area (Å²) in [6.07, 6.45) is 17.1. The molecule has 1 aliphatic heterocycles. The normalized spacial score (nSPS) is 22.3. The van der Waals surface area contributed by atoms with Gasteiger partial charge in [-0.15, -0.1) is 0 Å². The third kappa shape index (κ3) is 3.35. The topological polar surface area (TPSA) is 29.5 Å². The summed E-state index contributed by atoms with van der Waals surface area (Å²) in [7, 11) is 1.99. The quantitative estimate of drug-likeness (QED) is 0.776. The molecule has 0 atom stereocenters. The van der Waals surface area contributed by atoms with Crippen molar-refractivity contribution in [2.45, 2.75) is 6.92 Å². The Balaban J connectivity index is 2.18. The van der Waals surface area contributed by atoms with Gasteiger partial charge in [-0.1, -0.05) is 18.2 Å². The summed E-state index contributed by atoms with van der Waals surface area (Å²) in [6.45, 7) is 2.36. The van der Waals surface area contributed by atoms with Crippen LogP contribution in [0.3, 0.4) is 0 Å². The average molecular weight is 255 g/mol. The van der Waals surface area contributed by atoms with Crippen molar-refractivity contribution in [1.29, 1.82) is 0 Å². The molecule has 0 aromatic heterocycles. The van der Waals surface area contributed by atoms with E-state index in [0.717, 1.165) is 11.3 Å². The van der Waals surface area contributed by atoms with Gasteiger partial charge in [0.1, 0.15) is 0 Å². The highest BCUT2D eigenvalue weighted by Gasteiger charge is 2.11. The van der Waals surface area contributed by atoms with Gasteiger partial charge in [0.05, 0.1) is 6.61 Å². The summed E-state index contributed by atoms with van der Waals surface area (Å²) in [5.41, 5.74) is 2.04. The van der Waals surface area contributed by atoms with E-state index in [-0.39, 0.29) is 5.78 Å². The van der Waals surface area contributed by atoms with Gasteiger partial charge < -0.3 is 9.64 Å². The van der Waals surface area contributed by atoms with Gasteiger partial charge in [-0.3, -0.25) is 4.79 Å². The first kappa shape index (κ1) is 13.1. The van der Waals surface area contributed by atoms with Crippen molar-refractivity contribution >= 4 is 5.78 Å². The van der Waals surface area contributed by atoms with Gasteiger partial charge in [-0.2, -0.15) is 0 Å². The molecule has 0 saturated carbocycles.